The molecule has 0 bridgehead atoms. The fourth-order valence-electron chi connectivity index (χ4n) is 1.66. The van der Waals surface area contributed by atoms with E-state index >= 15 is 0 Å². The number of hydrogen-bond acceptors (Lipinski definition) is 6. The van der Waals surface area contributed by atoms with E-state index in [0.29, 0.717) is 5.69 Å². The third-order valence-corrected chi connectivity index (χ3v) is 3.17. The number of carbonyl (C=O) groups excluding carboxylic acids is 1. The number of nitrogens with zero attached hydrogens (tertiary/aromatic N) is 1. The average molecular weight is 324 g/mol. The Morgan fingerprint density at radius 3 is 2.45 bits per heavy atom. The minimum atomic E-state index is -3.89. The molecular weight excluding hydrogens is 308 g/mol. The Balaban J connectivity index is 2.14. The van der Waals surface area contributed by atoms with Gasteiger partial charge in [0.2, 0.25) is 11.5 Å². The van der Waals surface area contributed by atoms with E-state index in [9.17, 15) is 13.2 Å². The minimum absolute atomic E-state index is 0.161. The number of H-pyrrole nitrogens is 1. The molecule has 0 saturated carbocycles. The predicted octanol–water partition coefficient (Wildman–Crippen LogP) is 1.74. The molecule has 7 nitrogen and oxygen atoms in total. The maximum absolute atomic E-state index is 11.8. The second-order valence-electron chi connectivity index (χ2n) is 5.17. The van der Waals surface area contributed by atoms with Gasteiger partial charge in [-0.3, -0.25) is 5.10 Å². The number of nitrogens with one attached hydrogen (secondary N) is 1. The summed E-state index contributed by atoms with van der Waals surface area (Å²) in [5.74, 6) is -0.853. The van der Waals surface area contributed by atoms with E-state index in [1.165, 1.54) is 13.8 Å². The number of hydrogen-bond donors (Lipinski definition) is 1. The van der Waals surface area contributed by atoms with Crippen molar-refractivity contribution in [3.63, 3.8) is 0 Å². The van der Waals surface area contributed by atoms with Gasteiger partial charge in [-0.2, -0.15) is 8.42 Å². The van der Waals surface area contributed by atoms with E-state index in [1.54, 1.807) is 6.07 Å². The molecular formula is C14H16N2O5S. The van der Waals surface area contributed by atoms with E-state index in [0.717, 1.165) is 11.8 Å². The Morgan fingerprint density at radius 1 is 1.23 bits per heavy atom. The quantitative estimate of drug-likeness (QED) is 0.841. The molecule has 1 heterocycles. The van der Waals surface area contributed by atoms with Crippen molar-refractivity contribution in [3.8, 4) is 17.1 Å². The number of ether oxygens (including phenoxy) is 1. The van der Waals surface area contributed by atoms with Crippen LogP contribution in [-0.4, -0.2) is 36.4 Å². The fourth-order valence-corrected chi connectivity index (χ4v) is 2.14. The summed E-state index contributed by atoms with van der Waals surface area (Å²) in [5.41, 5.74) is 0.121. The van der Waals surface area contributed by atoms with Gasteiger partial charge < -0.3 is 8.92 Å². The van der Waals surface area contributed by atoms with Gasteiger partial charge in [-0.05, 0) is 19.4 Å². The zero-order chi connectivity index (χ0) is 16.4. The highest BCUT2D eigenvalue weighted by molar-refractivity contribution is 7.86. The van der Waals surface area contributed by atoms with Gasteiger partial charge in [-0.1, -0.05) is 30.3 Å². The molecule has 2 aromatic rings. The van der Waals surface area contributed by atoms with Crippen molar-refractivity contribution in [2.75, 3.05) is 6.26 Å². The summed E-state index contributed by atoms with van der Waals surface area (Å²) in [6.07, 6.45) is 0.795. The molecule has 0 radical (unpaired) electrons. The van der Waals surface area contributed by atoms with Crippen molar-refractivity contribution in [2.24, 2.45) is 0 Å². The molecule has 0 fully saturated rings. The van der Waals surface area contributed by atoms with Crippen LogP contribution in [0, 0.1) is 0 Å². The molecule has 0 saturated heterocycles. The summed E-state index contributed by atoms with van der Waals surface area (Å²) in [5, 5.41) is 6.74. The van der Waals surface area contributed by atoms with Gasteiger partial charge in [0.05, 0.1) is 11.9 Å². The summed E-state index contributed by atoms with van der Waals surface area (Å²) in [6, 6.07) is 11.0. The monoisotopic (exact) mass is 324 g/mol. The Labute approximate surface area is 128 Å². The summed E-state index contributed by atoms with van der Waals surface area (Å²) in [6.45, 7) is 2.80. The lowest BCUT2D eigenvalue weighted by atomic mass is 10.1. The minimum Gasteiger partial charge on any atom is -0.458 e. The van der Waals surface area contributed by atoms with E-state index in [2.05, 4.69) is 14.4 Å². The largest absolute Gasteiger partial charge is 0.458 e. The number of benzene rings is 1. The topological polar surface area (TPSA) is 98.3 Å². The van der Waals surface area contributed by atoms with Gasteiger partial charge in [0, 0.05) is 6.07 Å². The summed E-state index contributed by atoms with van der Waals surface area (Å²) in [7, 11) is -3.89. The number of rotatable bonds is 5. The van der Waals surface area contributed by atoms with Crippen molar-refractivity contribution >= 4 is 16.1 Å². The van der Waals surface area contributed by atoms with Crippen LogP contribution in [0.15, 0.2) is 36.4 Å². The van der Waals surface area contributed by atoms with Gasteiger partial charge in [-0.25, -0.2) is 4.79 Å². The van der Waals surface area contributed by atoms with Crippen LogP contribution in [0.2, 0.25) is 0 Å². The third kappa shape index (κ3) is 4.08. The third-order valence-electron chi connectivity index (χ3n) is 2.72. The van der Waals surface area contributed by atoms with Crippen LogP contribution in [0.3, 0.4) is 0 Å². The lowest BCUT2D eigenvalue weighted by molar-refractivity contribution is -0.148. The molecule has 0 aliphatic carbocycles. The highest BCUT2D eigenvalue weighted by Crippen LogP contribution is 2.24. The SMILES string of the molecule is CC(C)(Oc1cc(-c2ccccc2)[nH]n1)C(=O)OS(C)(=O)=O. The van der Waals surface area contributed by atoms with Crippen LogP contribution < -0.4 is 4.74 Å². The van der Waals surface area contributed by atoms with E-state index in [-0.39, 0.29) is 5.88 Å². The molecule has 0 aliphatic rings. The molecule has 0 aliphatic heterocycles. The van der Waals surface area contributed by atoms with Crippen LogP contribution in [0.25, 0.3) is 11.3 Å². The van der Waals surface area contributed by atoms with Gasteiger partial charge in [0.1, 0.15) is 0 Å². The zero-order valence-corrected chi connectivity index (χ0v) is 13.2. The maximum Gasteiger partial charge on any atom is 0.365 e. The smallest absolute Gasteiger partial charge is 0.365 e. The van der Waals surface area contributed by atoms with Crippen molar-refractivity contribution in [3.05, 3.63) is 36.4 Å². The number of aromatic nitrogens is 2. The molecule has 0 amide bonds. The molecule has 1 N–H and O–H groups in total. The first-order valence-corrected chi connectivity index (χ1v) is 8.23. The summed E-state index contributed by atoms with van der Waals surface area (Å²) < 4.78 is 31.8. The average Bonchev–Trinajstić information content (AvgIpc) is 2.85. The van der Waals surface area contributed by atoms with Gasteiger partial charge in [0.15, 0.2) is 0 Å². The Hall–Kier alpha value is -2.35. The highest BCUT2D eigenvalue weighted by Gasteiger charge is 2.35. The zero-order valence-electron chi connectivity index (χ0n) is 12.4. The Morgan fingerprint density at radius 2 is 1.86 bits per heavy atom. The van der Waals surface area contributed by atoms with Crippen LogP contribution in [0.4, 0.5) is 0 Å². The molecule has 0 atom stereocenters. The lowest BCUT2D eigenvalue weighted by Crippen LogP contribution is -2.40. The van der Waals surface area contributed by atoms with Crippen molar-refractivity contribution in [1.29, 1.82) is 0 Å². The second-order valence-corrected chi connectivity index (χ2v) is 6.75. The summed E-state index contributed by atoms with van der Waals surface area (Å²) >= 11 is 0. The molecule has 2 rings (SSSR count). The van der Waals surface area contributed by atoms with Crippen LogP contribution in [0.5, 0.6) is 5.88 Å². The Kier molecular flexibility index (Phi) is 4.23. The predicted molar refractivity (Wildman–Crippen MR) is 79.7 cm³/mol. The molecule has 8 heteroatoms. The molecule has 1 aromatic heterocycles. The van der Waals surface area contributed by atoms with Crippen molar-refractivity contribution in [2.45, 2.75) is 19.4 Å². The number of aromatic amines is 1. The number of carbonyl (C=O) groups is 1. The molecule has 0 spiro atoms. The van der Waals surface area contributed by atoms with Gasteiger partial charge in [0.25, 0.3) is 0 Å². The normalized spacial score (nSPS) is 12.0. The molecule has 0 unspecified atom stereocenters. The maximum atomic E-state index is 11.8. The molecule has 1 aromatic carbocycles. The van der Waals surface area contributed by atoms with Crippen LogP contribution in [-0.2, 0) is 19.1 Å². The highest BCUT2D eigenvalue weighted by atomic mass is 32.2. The molecule has 118 valence electrons. The first-order chi connectivity index (χ1) is 10.2. The van der Waals surface area contributed by atoms with Gasteiger partial charge in [-0.15, -0.1) is 5.10 Å². The second kappa shape index (κ2) is 5.80. The standard InChI is InChI=1S/C14H16N2O5S/c1-14(2,13(17)21-22(3,18)19)20-12-9-11(15-16-12)10-7-5-4-6-8-10/h4-9H,1-3H3,(H,15,16). The van der Waals surface area contributed by atoms with E-state index < -0.39 is 21.7 Å². The van der Waals surface area contributed by atoms with Crippen LogP contribution in [0.1, 0.15) is 13.8 Å². The van der Waals surface area contributed by atoms with Crippen molar-refractivity contribution in [1.82, 2.24) is 10.2 Å². The lowest BCUT2D eigenvalue weighted by Gasteiger charge is -2.21. The summed E-state index contributed by atoms with van der Waals surface area (Å²) in [4.78, 5) is 11.8. The fraction of sp³-hybridized carbons (Fsp3) is 0.286. The van der Waals surface area contributed by atoms with Crippen LogP contribution >= 0.6 is 0 Å². The van der Waals surface area contributed by atoms with E-state index in [4.69, 9.17) is 4.74 Å². The van der Waals surface area contributed by atoms with Crippen molar-refractivity contribution < 1.29 is 22.1 Å². The van der Waals surface area contributed by atoms with E-state index in [1.807, 2.05) is 30.3 Å². The first-order valence-electron chi connectivity index (χ1n) is 6.41. The van der Waals surface area contributed by atoms with Gasteiger partial charge >= 0.3 is 16.1 Å². The first kappa shape index (κ1) is 16.0. The Bertz CT molecular complexity index is 766. The molecule has 22 heavy (non-hydrogen) atoms.